The minimum atomic E-state index is 0.672. The third kappa shape index (κ3) is 1.46. The summed E-state index contributed by atoms with van der Waals surface area (Å²) in [6.07, 6.45) is 8.32. The largest absolute Gasteiger partial charge is 0.323 e. The molecule has 3 aromatic heterocycles. The number of rotatable bonds is 2. The molecule has 78 valence electrons. The van der Waals surface area contributed by atoms with Crippen LogP contribution in [0.4, 0.5) is 11.6 Å². The van der Waals surface area contributed by atoms with Gasteiger partial charge in [0.05, 0.1) is 12.4 Å². The average molecular weight is 212 g/mol. The Balaban J connectivity index is 2.04. The van der Waals surface area contributed by atoms with E-state index in [4.69, 9.17) is 0 Å². The van der Waals surface area contributed by atoms with E-state index in [1.165, 1.54) is 0 Å². The molecule has 0 saturated heterocycles. The molecule has 3 aromatic rings. The summed E-state index contributed by atoms with van der Waals surface area (Å²) in [5, 5.41) is 7.28. The average Bonchev–Trinajstić information content (AvgIpc) is 2.80. The summed E-state index contributed by atoms with van der Waals surface area (Å²) in [4.78, 5) is 12.3. The van der Waals surface area contributed by atoms with Gasteiger partial charge >= 0.3 is 0 Å². The highest BCUT2D eigenvalue weighted by Gasteiger charge is 2.02. The molecule has 6 heteroatoms. The SMILES string of the molecule is c1cnc(Nc2ccnc3ccnn23)cn1. The van der Waals surface area contributed by atoms with Crippen molar-refractivity contribution in [1.82, 2.24) is 24.6 Å². The van der Waals surface area contributed by atoms with Crippen molar-refractivity contribution in [3.8, 4) is 0 Å². The fraction of sp³-hybridized carbons (Fsp3) is 0. The first-order valence-corrected chi connectivity index (χ1v) is 4.75. The van der Waals surface area contributed by atoms with Gasteiger partial charge in [0.1, 0.15) is 11.6 Å². The second-order valence-corrected chi connectivity index (χ2v) is 3.15. The Bertz CT molecular complexity index is 603. The van der Waals surface area contributed by atoms with Crippen LogP contribution in [0.25, 0.3) is 5.65 Å². The molecule has 1 N–H and O–H groups in total. The molecule has 3 rings (SSSR count). The maximum atomic E-state index is 4.17. The maximum absolute atomic E-state index is 4.17. The lowest BCUT2D eigenvalue weighted by Gasteiger charge is -2.05. The van der Waals surface area contributed by atoms with Crippen molar-refractivity contribution < 1.29 is 0 Å². The summed E-state index contributed by atoms with van der Waals surface area (Å²) >= 11 is 0. The number of anilines is 2. The number of aromatic nitrogens is 5. The molecule has 0 unspecified atom stereocenters. The summed E-state index contributed by atoms with van der Waals surface area (Å²) in [5.74, 6) is 1.47. The molecule has 16 heavy (non-hydrogen) atoms. The van der Waals surface area contributed by atoms with Crippen LogP contribution in [0.3, 0.4) is 0 Å². The van der Waals surface area contributed by atoms with Crippen LogP contribution in [-0.2, 0) is 0 Å². The van der Waals surface area contributed by atoms with Gasteiger partial charge in [-0.15, -0.1) is 0 Å². The summed E-state index contributed by atoms with van der Waals surface area (Å²) in [6, 6.07) is 3.66. The Morgan fingerprint density at radius 3 is 2.88 bits per heavy atom. The fourth-order valence-electron chi connectivity index (χ4n) is 1.42. The van der Waals surface area contributed by atoms with Crippen LogP contribution in [0.2, 0.25) is 0 Å². The van der Waals surface area contributed by atoms with Crippen LogP contribution >= 0.6 is 0 Å². The van der Waals surface area contributed by atoms with Crippen molar-refractivity contribution in [2.24, 2.45) is 0 Å². The van der Waals surface area contributed by atoms with Crippen LogP contribution in [0, 0.1) is 0 Å². The molecule has 6 nitrogen and oxygen atoms in total. The van der Waals surface area contributed by atoms with E-state index in [1.807, 2.05) is 12.1 Å². The van der Waals surface area contributed by atoms with Crippen LogP contribution in [0.15, 0.2) is 43.1 Å². The molecule has 3 heterocycles. The predicted octanol–water partition coefficient (Wildman–Crippen LogP) is 1.26. The minimum Gasteiger partial charge on any atom is -0.323 e. The van der Waals surface area contributed by atoms with E-state index in [0.29, 0.717) is 5.82 Å². The van der Waals surface area contributed by atoms with E-state index < -0.39 is 0 Å². The van der Waals surface area contributed by atoms with E-state index in [9.17, 15) is 0 Å². The highest BCUT2D eigenvalue weighted by molar-refractivity contribution is 5.54. The van der Waals surface area contributed by atoms with Crippen LogP contribution in [0.5, 0.6) is 0 Å². The van der Waals surface area contributed by atoms with E-state index in [0.717, 1.165) is 11.5 Å². The normalized spacial score (nSPS) is 10.5. The Kier molecular flexibility index (Phi) is 1.96. The Hall–Kier alpha value is -2.50. The molecule has 0 aromatic carbocycles. The summed E-state index contributed by atoms with van der Waals surface area (Å²) < 4.78 is 1.70. The molecular formula is C10H8N6. The zero-order chi connectivity index (χ0) is 10.8. The summed E-state index contributed by atoms with van der Waals surface area (Å²) in [7, 11) is 0. The summed E-state index contributed by atoms with van der Waals surface area (Å²) in [6.45, 7) is 0. The Morgan fingerprint density at radius 1 is 1.00 bits per heavy atom. The molecule has 0 atom stereocenters. The van der Waals surface area contributed by atoms with Crippen molar-refractivity contribution >= 4 is 17.3 Å². The summed E-state index contributed by atoms with van der Waals surface area (Å²) in [5.41, 5.74) is 0.786. The van der Waals surface area contributed by atoms with Crippen LogP contribution in [-0.4, -0.2) is 24.6 Å². The highest BCUT2D eigenvalue weighted by Crippen LogP contribution is 2.12. The van der Waals surface area contributed by atoms with E-state index in [2.05, 4.69) is 25.4 Å². The van der Waals surface area contributed by atoms with Crippen LogP contribution in [0.1, 0.15) is 0 Å². The molecule has 0 fully saturated rings. The molecule has 0 amide bonds. The molecule has 0 aliphatic rings. The lowest BCUT2D eigenvalue weighted by atomic mass is 10.5. The zero-order valence-corrected chi connectivity index (χ0v) is 8.28. The van der Waals surface area contributed by atoms with Gasteiger partial charge in [0.2, 0.25) is 0 Å². The molecule has 0 bridgehead atoms. The standard InChI is InChI=1S/C10H8N6/c1-3-13-9-2-4-14-16(9)10(1)15-8-7-11-5-6-12-8/h1-7H,(H,12,15). The first-order chi connectivity index (χ1) is 7.93. The highest BCUT2D eigenvalue weighted by atomic mass is 15.3. The zero-order valence-electron chi connectivity index (χ0n) is 8.28. The smallest absolute Gasteiger partial charge is 0.157 e. The van der Waals surface area contributed by atoms with Crippen molar-refractivity contribution in [2.45, 2.75) is 0 Å². The van der Waals surface area contributed by atoms with Crippen LogP contribution < -0.4 is 5.32 Å². The van der Waals surface area contributed by atoms with E-state index in [-0.39, 0.29) is 0 Å². The molecule has 0 radical (unpaired) electrons. The third-order valence-corrected chi connectivity index (χ3v) is 2.11. The number of hydrogen-bond acceptors (Lipinski definition) is 5. The van der Waals surface area contributed by atoms with Gasteiger partial charge in [0.15, 0.2) is 5.65 Å². The molecule has 0 saturated carbocycles. The number of hydrogen-bond donors (Lipinski definition) is 1. The topological polar surface area (TPSA) is 68.0 Å². The first kappa shape index (κ1) is 8.78. The number of nitrogens with one attached hydrogen (secondary N) is 1. The second-order valence-electron chi connectivity index (χ2n) is 3.15. The molecule has 0 aliphatic carbocycles. The van der Waals surface area contributed by atoms with Crippen molar-refractivity contribution in [3.63, 3.8) is 0 Å². The van der Waals surface area contributed by atoms with Crippen molar-refractivity contribution in [3.05, 3.63) is 43.1 Å². The van der Waals surface area contributed by atoms with Gasteiger partial charge in [-0.1, -0.05) is 0 Å². The maximum Gasteiger partial charge on any atom is 0.157 e. The number of fused-ring (bicyclic) bond motifs is 1. The molecule has 0 aliphatic heterocycles. The molecular weight excluding hydrogens is 204 g/mol. The third-order valence-electron chi connectivity index (χ3n) is 2.11. The van der Waals surface area contributed by atoms with Crippen molar-refractivity contribution in [1.29, 1.82) is 0 Å². The fourth-order valence-corrected chi connectivity index (χ4v) is 1.42. The van der Waals surface area contributed by atoms with Gasteiger partial charge in [-0.05, 0) is 6.07 Å². The lowest BCUT2D eigenvalue weighted by molar-refractivity contribution is 0.944. The van der Waals surface area contributed by atoms with Gasteiger partial charge in [0.25, 0.3) is 0 Å². The van der Waals surface area contributed by atoms with E-state index in [1.54, 1.807) is 35.5 Å². The minimum absolute atomic E-state index is 0.672. The van der Waals surface area contributed by atoms with Gasteiger partial charge < -0.3 is 5.32 Å². The number of nitrogens with zero attached hydrogens (tertiary/aromatic N) is 5. The molecule has 0 spiro atoms. The van der Waals surface area contributed by atoms with Gasteiger partial charge in [-0.3, -0.25) is 4.98 Å². The van der Waals surface area contributed by atoms with Crippen molar-refractivity contribution in [2.75, 3.05) is 5.32 Å². The predicted molar refractivity (Wildman–Crippen MR) is 58.3 cm³/mol. The van der Waals surface area contributed by atoms with Gasteiger partial charge in [0, 0.05) is 24.7 Å². The Labute approximate surface area is 91.0 Å². The monoisotopic (exact) mass is 212 g/mol. The van der Waals surface area contributed by atoms with Gasteiger partial charge in [-0.2, -0.15) is 9.61 Å². The lowest BCUT2D eigenvalue weighted by Crippen LogP contribution is -2.01. The quantitative estimate of drug-likeness (QED) is 0.692. The first-order valence-electron chi connectivity index (χ1n) is 4.75. The van der Waals surface area contributed by atoms with E-state index >= 15 is 0 Å². The second kappa shape index (κ2) is 3.58. The van der Waals surface area contributed by atoms with Gasteiger partial charge in [-0.25, -0.2) is 9.97 Å². The Morgan fingerprint density at radius 2 is 2.00 bits per heavy atom.